The van der Waals surface area contributed by atoms with Gasteiger partial charge in [0.2, 0.25) is 6.43 Å². The van der Waals surface area contributed by atoms with E-state index in [1.807, 2.05) is 18.9 Å². The zero-order valence-electron chi connectivity index (χ0n) is 5.90. The summed E-state index contributed by atoms with van der Waals surface area (Å²) in [6.07, 6.45) is -2.16. The van der Waals surface area contributed by atoms with Crippen molar-refractivity contribution < 1.29 is 8.78 Å². The topological polar surface area (TPSA) is 3.24 Å². The zero-order valence-corrected chi connectivity index (χ0v) is 5.90. The van der Waals surface area contributed by atoms with Crippen molar-refractivity contribution in [1.29, 1.82) is 0 Å². The fourth-order valence-corrected chi connectivity index (χ4v) is 0.476. The Hall–Kier alpha value is -0.180. The summed E-state index contributed by atoms with van der Waals surface area (Å²) >= 11 is 0. The lowest BCUT2D eigenvalue weighted by molar-refractivity contribution is 0.122. The van der Waals surface area contributed by atoms with Gasteiger partial charge < -0.3 is 4.90 Å². The summed E-state index contributed by atoms with van der Waals surface area (Å²) in [7, 11) is 1.84. The molecule has 0 heterocycles. The van der Waals surface area contributed by atoms with Gasteiger partial charge in [0.25, 0.3) is 0 Å². The van der Waals surface area contributed by atoms with Crippen molar-refractivity contribution >= 4 is 0 Å². The van der Waals surface area contributed by atoms with E-state index in [4.69, 9.17) is 0 Å². The van der Waals surface area contributed by atoms with Crippen LogP contribution < -0.4 is 0 Å². The number of hydrogen-bond acceptors (Lipinski definition) is 1. The van der Waals surface area contributed by atoms with E-state index in [-0.39, 0.29) is 6.42 Å². The summed E-state index contributed by atoms with van der Waals surface area (Å²) in [5.41, 5.74) is 0. The maximum atomic E-state index is 11.5. The van der Waals surface area contributed by atoms with Crippen LogP contribution in [0.3, 0.4) is 0 Å². The molecular formula is C6H13F2N. The van der Waals surface area contributed by atoms with Gasteiger partial charge in [-0.1, -0.05) is 6.92 Å². The maximum Gasteiger partial charge on any atom is 0.239 e. The number of alkyl halides is 2. The molecule has 0 spiro atoms. The number of rotatable bonds is 4. The van der Waals surface area contributed by atoms with Crippen LogP contribution in [0, 0.1) is 0 Å². The molecule has 0 saturated heterocycles. The van der Waals surface area contributed by atoms with Crippen LogP contribution in [0.5, 0.6) is 0 Å². The van der Waals surface area contributed by atoms with Crippen LogP contribution in [0.25, 0.3) is 0 Å². The second-order valence-corrected chi connectivity index (χ2v) is 2.08. The molecule has 0 fully saturated rings. The standard InChI is InChI=1S/C6H13F2N/c1-3-9(2)5-4-6(7)8/h6H,3-5H2,1-2H3. The van der Waals surface area contributed by atoms with Gasteiger partial charge in [-0.05, 0) is 13.6 Å². The lowest BCUT2D eigenvalue weighted by Gasteiger charge is -2.12. The van der Waals surface area contributed by atoms with Gasteiger partial charge in [-0.2, -0.15) is 0 Å². The maximum absolute atomic E-state index is 11.5. The molecule has 0 aliphatic carbocycles. The molecule has 0 aromatic carbocycles. The number of hydrogen-bond donors (Lipinski definition) is 0. The fourth-order valence-electron chi connectivity index (χ4n) is 0.476. The molecule has 0 radical (unpaired) electrons. The summed E-state index contributed by atoms with van der Waals surface area (Å²) in [6, 6.07) is 0. The van der Waals surface area contributed by atoms with Crippen molar-refractivity contribution in [2.75, 3.05) is 20.1 Å². The lowest BCUT2D eigenvalue weighted by Crippen LogP contribution is -2.20. The summed E-state index contributed by atoms with van der Waals surface area (Å²) < 4.78 is 23.0. The zero-order chi connectivity index (χ0) is 7.28. The van der Waals surface area contributed by atoms with Crippen molar-refractivity contribution in [2.24, 2.45) is 0 Å². The van der Waals surface area contributed by atoms with Crippen LogP contribution in [-0.4, -0.2) is 31.5 Å². The highest BCUT2D eigenvalue weighted by atomic mass is 19.3. The first-order chi connectivity index (χ1) is 4.16. The highest BCUT2D eigenvalue weighted by Gasteiger charge is 2.02. The minimum atomic E-state index is -2.15. The molecule has 0 bridgehead atoms. The Bertz CT molecular complexity index is 66.1. The molecule has 0 aromatic rings. The van der Waals surface area contributed by atoms with Gasteiger partial charge >= 0.3 is 0 Å². The molecule has 0 aliphatic rings. The third-order valence-electron chi connectivity index (χ3n) is 1.27. The molecular weight excluding hydrogens is 124 g/mol. The normalized spacial score (nSPS) is 11.3. The van der Waals surface area contributed by atoms with E-state index in [9.17, 15) is 8.78 Å². The minimum Gasteiger partial charge on any atom is -0.306 e. The predicted molar refractivity (Wildman–Crippen MR) is 33.8 cm³/mol. The molecule has 0 amide bonds. The van der Waals surface area contributed by atoms with E-state index >= 15 is 0 Å². The van der Waals surface area contributed by atoms with Gasteiger partial charge in [0.15, 0.2) is 0 Å². The predicted octanol–water partition coefficient (Wildman–Crippen LogP) is 1.59. The Morgan fingerprint density at radius 1 is 1.44 bits per heavy atom. The van der Waals surface area contributed by atoms with Crippen LogP contribution in [0.2, 0.25) is 0 Å². The minimum absolute atomic E-state index is 0.00958. The SMILES string of the molecule is CCN(C)CCC(F)F. The van der Waals surface area contributed by atoms with Crippen molar-refractivity contribution in [2.45, 2.75) is 19.8 Å². The molecule has 0 saturated carbocycles. The summed E-state index contributed by atoms with van der Waals surface area (Å²) in [5, 5.41) is 0. The average Bonchev–Trinajstić information content (AvgIpc) is 1.83. The van der Waals surface area contributed by atoms with Crippen molar-refractivity contribution in [3.63, 3.8) is 0 Å². The van der Waals surface area contributed by atoms with Gasteiger partial charge in [-0.15, -0.1) is 0 Å². The molecule has 0 rings (SSSR count). The summed E-state index contributed by atoms with van der Waals surface area (Å²) in [4.78, 5) is 1.87. The first kappa shape index (κ1) is 8.82. The average molecular weight is 137 g/mol. The van der Waals surface area contributed by atoms with E-state index < -0.39 is 6.43 Å². The summed E-state index contributed by atoms with van der Waals surface area (Å²) in [5.74, 6) is 0. The fraction of sp³-hybridized carbons (Fsp3) is 1.00. The molecule has 0 unspecified atom stereocenters. The van der Waals surface area contributed by atoms with Gasteiger partial charge in [0, 0.05) is 13.0 Å². The molecule has 0 aliphatic heterocycles. The molecule has 0 aromatic heterocycles. The van der Waals surface area contributed by atoms with E-state index in [1.165, 1.54) is 0 Å². The van der Waals surface area contributed by atoms with Gasteiger partial charge in [0.05, 0.1) is 0 Å². The van der Waals surface area contributed by atoms with Crippen molar-refractivity contribution in [3.8, 4) is 0 Å². The largest absolute Gasteiger partial charge is 0.306 e. The number of halogens is 2. The third-order valence-corrected chi connectivity index (χ3v) is 1.27. The van der Waals surface area contributed by atoms with Gasteiger partial charge in [-0.25, -0.2) is 8.78 Å². The molecule has 1 nitrogen and oxygen atoms in total. The Balaban J connectivity index is 3.06. The smallest absolute Gasteiger partial charge is 0.239 e. The van der Waals surface area contributed by atoms with Crippen LogP contribution in [-0.2, 0) is 0 Å². The second kappa shape index (κ2) is 4.68. The monoisotopic (exact) mass is 137 g/mol. The first-order valence-electron chi connectivity index (χ1n) is 3.13. The first-order valence-corrected chi connectivity index (χ1v) is 3.13. The quantitative estimate of drug-likeness (QED) is 0.568. The Kier molecular flexibility index (Phi) is 4.58. The van der Waals surface area contributed by atoms with E-state index in [0.29, 0.717) is 6.54 Å². The highest BCUT2D eigenvalue weighted by Crippen LogP contribution is 1.98. The Morgan fingerprint density at radius 2 is 2.00 bits per heavy atom. The van der Waals surface area contributed by atoms with Crippen LogP contribution >= 0.6 is 0 Å². The van der Waals surface area contributed by atoms with E-state index in [0.717, 1.165) is 6.54 Å². The van der Waals surface area contributed by atoms with Crippen molar-refractivity contribution in [3.05, 3.63) is 0 Å². The molecule has 0 atom stereocenters. The van der Waals surface area contributed by atoms with Crippen LogP contribution in [0.4, 0.5) is 8.78 Å². The highest BCUT2D eigenvalue weighted by molar-refractivity contribution is 4.48. The molecule has 9 heavy (non-hydrogen) atoms. The molecule has 3 heteroatoms. The summed E-state index contributed by atoms with van der Waals surface area (Å²) in [6.45, 7) is 3.28. The Labute approximate surface area is 54.7 Å². The Morgan fingerprint density at radius 3 is 2.33 bits per heavy atom. The second-order valence-electron chi connectivity index (χ2n) is 2.08. The van der Waals surface area contributed by atoms with Gasteiger partial charge in [-0.3, -0.25) is 0 Å². The van der Waals surface area contributed by atoms with E-state index in [1.54, 1.807) is 0 Å². The van der Waals surface area contributed by atoms with Crippen LogP contribution in [0.15, 0.2) is 0 Å². The lowest BCUT2D eigenvalue weighted by atomic mass is 10.4. The van der Waals surface area contributed by atoms with Crippen LogP contribution in [0.1, 0.15) is 13.3 Å². The third kappa shape index (κ3) is 5.69. The van der Waals surface area contributed by atoms with Gasteiger partial charge in [0.1, 0.15) is 0 Å². The number of nitrogens with zero attached hydrogens (tertiary/aromatic N) is 1. The van der Waals surface area contributed by atoms with E-state index in [2.05, 4.69) is 0 Å². The van der Waals surface area contributed by atoms with Crippen molar-refractivity contribution in [1.82, 2.24) is 4.90 Å². The molecule has 0 N–H and O–H groups in total. The molecule has 56 valence electrons.